The zero-order valence-corrected chi connectivity index (χ0v) is 74.6. The van der Waals surface area contributed by atoms with Crippen molar-refractivity contribution in [1.82, 2.24) is 14.7 Å². The van der Waals surface area contributed by atoms with Crippen LogP contribution < -0.4 is 19.3 Å². The Morgan fingerprint density at radius 2 is 0.649 bits per heavy atom. The molecule has 2 saturated heterocycles. The number of anilines is 3. The molecule has 10 heterocycles. The van der Waals surface area contributed by atoms with E-state index in [0.717, 1.165) is 76.3 Å². The monoisotopic (exact) mass is 1510 g/mol. The predicted molar refractivity (Wildman–Crippen MR) is 471 cm³/mol. The molecule has 111 heavy (non-hydrogen) atoms. The van der Waals surface area contributed by atoms with Crippen LogP contribution >= 0.6 is 0 Å². The largest absolute Gasteiger partial charge is 0.460 e. The van der Waals surface area contributed by atoms with Gasteiger partial charge in [0.25, 0.3) is 0 Å². The van der Waals surface area contributed by atoms with E-state index in [2.05, 4.69) is 255 Å². The number of hydrogen-bond donors (Lipinski definition) is 0. The van der Waals surface area contributed by atoms with Gasteiger partial charge in [0.1, 0.15) is 34.6 Å². The third-order valence-electron chi connectivity index (χ3n) is 30.6. The molecule has 0 aromatic heterocycles. The van der Waals surface area contributed by atoms with Crippen LogP contribution in [-0.2, 0) is 14.9 Å². The van der Waals surface area contributed by atoms with Gasteiger partial charge in [0, 0.05) is 96.8 Å². The van der Waals surface area contributed by atoms with Crippen LogP contribution in [0.5, 0.6) is 11.5 Å². The second kappa shape index (κ2) is 35.9. The van der Waals surface area contributed by atoms with Gasteiger partial charge in [0.2, 0.25) is 0 Å². The summed E-state index contributed by atoms with van der Waals surface area (Å²) in [4.78, 5) is 12.3. The van der Waals surface area contributed by atoms with E-state index < -0.39 is 0 Å². The van der Waals surface area contributed by atoms with Crippen LogP contribution in [0.4, 0.5) is 17.1 Å². The predicted octanol–water partition coefficient (Wildman–Crippen LogP) is 28.3. The summed E-state index contributed by atoms with van der Waals surface area (Å²) in [6, 6.07) is 37.6. The minimum atomic E-state index is 0.0892. The van der Waals surface area contributed by atoms with Crippen LogP contribution in [0, 0.1) is 45.3 Å². The first kappa shape index (κ1) is 85.9. The molecular formula is C102H147N5O4. The minimum absolute atomic E-state index is 0.0892. The number of hydrogen-bond acceptors (Lipinski definition) is 9. The Morgan fingerprint density at radius 1 is 0.279 bits per heavy atom. The fourth-order valence-electron chi connectivity index (χ4n) is 19.8. The van der Waals surface area contributed by atoms with Crippen molar-refractivity contribution < 1.29 is 18.9 Å². The molecule has 10 bridgehead atoms. The van der Waals surface area contributed by atoms with Crippen molar-refractivity contribution in [3.63, 3.8) is 0 Å². The van der Waals surface area contributed by atoms with Gasteiger partial charge in [-0.3, -0.25) is 0 Å². The third-order valence-corrected chi connectivity index (χ3v) is 30.6. The van der Waals surface area contributed by atoms with E-state index >= 15 is 0 Å². The van der Waals surface area contributed by atoms with Gasteiger partial charge in [-0.25, -0.2) is 0 Å². The lowest BCUT2D eigenvalue weighted by Gasteiger charge is -2.52. The molecule has 10 aliphatic heterocycles. The zero-order chi connectivity index (χ0) is 80.8. The van der Waals surface area contributed by atoms with Crippen molar-refractivity contribution in [1.29, 1.82) is 0 Å². The van der Waals surface area contributed by atoms with E-state index in [1.807, 2.05) is 65.8 Å². The number of benzene rings is 4. The summed E-state index contributed by atoms with van der Waals surface area (Å²) in [6.07, 6.45) is 21.5. The number of allylic oxidation sites excluding steroid dienone is 20. The van der Waals surface area contributed by atoms with Crippen LogP contribution in [0.1, 0.15) is 289 Å². The Kier molecular flexibility index (Phi) is 27.8. The summed E-state index contributed by atoms with van der Waals surface area (Å²) in [5, 5.41) is 0. The maximum absolute atomic E-state index is 5.50. The summed E-state index contributed by atoms with van der Waals surface area (Å²) < 4.78 is 21.7. The van der Waals surface area contributed by atoms with Crippen LogP contribution in [0.25, 0.3) is 0 Å². The maximum Gasteiger partial charge on any atom is 0.169 e. The molecule has 604 valence electrons. The average Bonchev–Trinajstić information content (AvgIpc) is 0.745. The molecule has 0 spiro atoms. The number of ether oxygens (including phenoxy) is 4. The molecule has 4 aromatic rings. The molecule has 9 aliphatic carbocycles. The zero-order valence-electron chi connectivity index (χ0n) is 74.6. The summed E-state index contributed by atoms with van der Waals surface area (Å²) in [7, 11) is 0. The van der Waals surface area contributed by atoms with Crippen molar-refractivity contribution in [2.45, 2.75) is 289 Å². The van der Waals surface area contributed by atoms with Crippen LogP contribution in [0.2, 0.25) is 0 Å². The third kappa shape index (κ3) is 19.1. The van der Waals surface area contributed by atoms with Gasteiger partial charge in [0.15, 0.2) is 11.5 Å². The Balaban J connectivity index is 0.000000134. The van der Waals surface area contributed by atoms with Crippen LogP contribution in [0.3, 0.4) is 0 Å². The topological polar surface area (TPSA) is 53.1 Å². The summed E-state index contributed by atoms with van der Waals surface area (Å²) in [6.45, 7) is 68.8. The van der Waals surface area contributed by atoms with Gasteiger partial charge in [-0.1, -0.05) is 154 Å². The van der Waals surface area contributed by atoms with Gasteiger partial charge in [-0.2, -0.15) is 0 Å². The number of nitrogens with zero attached hydrogens (tertiary/aromatic N) is 5. The van der Waals surface area contributed by atoms with Crippen LogP contribution in [-0.4, -0.2) is 60.5 Å². The lowest BCUT2D eigenvalue weighted by atomic mass is 9.53. The molecule has 4 aromatic carbocycles. The molecule has 0 unspecified atom stereocenters. The molecule has 9 heteroatoms. The second-order valence-corrected chi connectivity index (χ2v) is 37.2. The van der Waals surface area contributed by atoms with Gasteiger partial charge < -0.3 is 43.4 Å². The first-order valence-electron chi connectivity index (χ1n) is 43.0. The van der Waals surface area contributed by atoms with E-state index in [1.54, 1.807) is 44.7 Å². The Morgan fingerprint density at radius 3 is 1.04 bits per heavy atom. The molecule has 0 amide bonds. The van der Waals surface area contributed by atoms with Crippen molar-refractivity contribution in [3.8, 4) is 11.5 Å². The van der Waals surface area contributed by atoms with Crippen molar-refractivity contribution in [2.75, 3.05) is 55.6 Å². The highest BCUT2D eigenvalue weighted by molar-refractivity contribution is 5.76. The minimum Gasteiger partial charge on any atom is -0.460 e. The van der Waals surface area contributed by atoms with Gasteiger partial charge in [0.05, 0.1) is 0 Å². The molecular weight excluding hydrogens is 1360 g/mol. The first-order chi connectivity index (χ1) is 52.4. The second-order valence-electron chi connectivity index (χ2n) is 37.2. The summed E-state index contributed by atoms with van der Waals surface area (Å²) >= 11 is 0. The smallest absolute Gasteiger partial charge is 0.169 e. The molecule has 0 N–H and O–H groups in total. The highest BCUT2D eigenvalue weighted by Crippen LogP contribution is 2.59. The van der Waals surface area contributed by atoms with Gasteiger partial charge in [-0.15, -0.1) is 0 Å². The first-order valence-corrected chi connectivity index (χ1v) is 43.0. The lowest BCUT2D eigenvalue weighted by Crippen LogP contribution is -2.50. The molecule has 3 saturated carbocycles. The van der Waals surface area contributed by atoms with E-state index in [9.17, 15) is 0 Å². The van der Waals surface area contributed by atoms with Crippen LogP contribution in [0.15, 0.2) is 222 Å². The summed E-state index contributed by atoms with van der Waals surface area (Å²) in [5.41, 5.74) is 29.6. The lowest BCUT2D eigenvalue weighted by molar-refractivity contribution is 0.124. The maximum atomic E-state index is 5.50. The Bertz CT molecular complexity index is 4010. The number of para-hydroxylation sites is 5. The average molecular weight is 1510 g/mol. The Hall–Kier alpha value is -7.52. The summed E-state index contributed by atoms with van der Waals surface area (Å²) in [5.74, 6) is 10.5. The number of piperazine rings is 1. The molecule has 0 atom stereocenters. The van der Waals surface area contributed by atoms with Crippen molar-refractivity contribution in [2.24, 2.45) is 45.3 Å². The standard InChI is InChI=1S/C19H21N.C15H21N.C12H20.C11H18.C10H10O2.C10H16.C9H15N.C8H14N2.C8H12O2/c1-14-15(2)20(16-10-6-5-7-11-16)18-13-9-8-12-17(18)19(14,3)4;1-12-13(2)16(11-10-15(12,3)4)14-8-6-5-7-9-14;1-9-10(2)12(4)7-5-11(9,3)6-8-12;1-8-9(2)11(3)6-4-10(8)5-7-11;1-7-8(2)12-10-6-4-3-5-9(10)11-7;3*1-7-8(2)10-5-3-9(7)4-6-10;1-5-6(2)10-8(4)7(3)9-5/h5-13H,1-4H3;5-9H,10-11H2,1-4H3;5-8H2,1-4H3;10H,4-7H2,1-3H3;3-6H,1-2H3;9-10H,3-6H2,1-2H3;9H,3-6H2,1-2H3;3-6H2,1-2H3;1-4H3. The number of rotatable bonds is 2. The van der Waals surface area contributed by atoms with E-state index in [1.165, 1.54) is 192 Å². The van der Waals surface area contributed by atoms with Gasteiger partial charge in [-0.05, 0) is 339 Å². The van der Waals surface area contributed by atoms with Gasteiger partial charge >= 0.3 is 0 Å². The molecule has 19 aliphatic rings. The highest BCUT2D eigenvalue weighted by atomic mass is 16.6. The van der Waals surface area contributed by atoms with Crippen molar-refractivity contribution >= 4 is 17.1 Å². The van der Waals surface area contributed by atoms with E-state index in [0.29, 0.717) is 21.7 Å². The number of piperidine rings is 1. The Labute approximate surface area is 675 Å². The highest BCUT2D eigenvalue weighted by Gasteiger charge is 2.46. The fraction of sp³-hybridized carbons (Fsp3) is 0.569. The van der Waals surface area contributed by atoms with E-state index in [-0.39, 0.29) is 5.41 Å². The molecule has 0 radical (unpaired) electrons. The normalized spacial score (nSPS) is 26.8. The fourth-order valence-corrected chi connectivity index (χ4v) is 19.8. The molecule has 5 fully saturated rings. The van der Waals surface area contributed by atoms with Crippen molar-refractivity contribution in [3.05, 3.63) is 228 Å². The van der Waals surface area contributed by atoms with E-state index in [4.69, 9.17) is 18.9 Å². The molecule has 23 rings (SSSR count). The SMILES string of the molecule is CC1=C(C)C(C)(C)CCN1c1ccccc1.CC1=C(C)C(C)(C)c2ccccc2N1c1ccccc1.CC1=C(C)C2(C)CCC1(C)CC2.CC1=C(C)C2(C)CCC1CC2.CC1=C(C)C2CCC1CC2.CC1=C(C)N2CCC1CC2.CC1=C(C)N2CCN1CC2.CC1=C(C)OC(C)=C(C)O1.CC1=C(C)Oc2ccccc2O1. The quantitative estimate of drug-likeness (QED) is 0.183. The molecule has 9 nitrogen and oxygen atoms in total. The number of fused-ring (bicyclic) bond motifs is 12.